The van der Waals surface area contributed by atoms with Gasteiger partial charge in [-0.05, 0) is 40.2 Å². The Hall–Kier alpha value is -1.07. The fraction of sp³-hybridized carbons (Fsp3) is 0.300. The fourth-order valence-corrected chi connectivity index (χ4v) is 1.71. The normalized spacial score (nSPS) is 10.3. The van der Waals surface area contributed by atoms with Gasteiger partial charge >= 0.3 is 5.97 Å². The number of hydrogen-bond acceptors (Lipinski definition) is 3. The van der Waals surface area contributed by atoms with Gasteiger partial charge in [-0.2, -0.15) is 0 Å². The number of hydrogen-bond donors (Lipinski definition) is 3. The molecule has 0 bridgehead atoms. The molecule has 0 saturated carbocycles. The Balaban J connectivity index is 3.07. The molecule has 0 unspecified atom stereocenters. The summed E-state index contributed by atoms with van der Waals surface area (Å²) in [5.74, 6) is -0.951. The number of carboxylic acids is 1. The van der Waals surface area contributed by atoms with Gasteiger partial charge in [-0.15, -0.1) is 0 Å². The van der Waals surface area contributed by atoms with E-state index in [4.69, 9.17) is 10.8 Å². The van der Waals surface area contributed by atoms with E-state index in [1.807, 2.05) is 6.92 Å². The van der Waals surface area contributed by atoms with Crippen LogP contribution < -0.4 is 11.1 Å². The van der Waals surface area contributed by atoms with Crippen LogP contribution >= 0.6 is 15.9 Å². The summed E-state index contributed by atoms with van der Waals surface area (Å²) in [6.45, 7) is 3.36. The molecule has 4 N–H and O–H groups in total. The van der Waals surface area contributed by atoms with Crippen molar-refractivity contribution in [3.05, 3.63) is 27.7 Å². The van der Waals surface area contributed by atoms with Crippen molar-refractivity contribution in [1.29, 1.82) is 0 Å². The van der Waals surface area contributed by atoms with Crippen molar-refractivity contribution in [2.45, 2.75) is 13.5 Å². The molecule has 1 aromatic rings. The summed E-state index contributed by atoms with van der Waals surface area (Å²) < 4.78 is 0.621. The topological polar surface area (TPSA) is 75.3 Å². The van der Waals surface area contributed by atoms with E-state index in [9.17, 15) is 4.79 Å². The minimum absolute atomic E-state index is 0.240. The second-order valence-electron chi connectivity index (χ2n) is 3.12. The number of carbonyl (C=O) groups is 1. The van der Waals surface area contributed by atoms with Crippen molar-refractivity contribution in [3.8, 4) is 0 Å². The van der Waals surface area contributed by atoms with Gasteiger partial charge in [-0.25, -0.2) is 4.79 Å². The molecule has 0 fully saturated rings. The van der Waals surface area contributed by atoms with Gasteiger partial charge in [0.15, 0.2) is 0 Å². The van der Waals surface area contributed by atoms with Crippen molar-refractivity contribution in [1.82, 2.24) is 5.32 Å². The van der Waals surface area contributed by atoms with Gasteiger partial charge in [0.1, 0.15) is 0 Å². The molecule has 1 rings (SSSR count). The van der Waals surface area contributed by atoms with Crippen molar-refractivity contribution >= 4 is 27.6 Å². The molecule has 0 aliphatic rings. The zero-order chi connectivity index (χ0) is 11.4. The van der Waals surface area contributed by atoms with E-state index in [0.717, 1.165) is 12.1 Å². The maximum absolute atomic E-state index is 10.8. The Morgan fingerprint density at radius 2 is 2.27 bits per heavy atom. The molecule has 0 amide bonds. The van der Waals surface area contributed by atoms with E-state index >= 15 is 0 Å². The van der Waals surface area contributed by atoms with Crippen LogP contribution in [0.5, 0.6) is 0 Å². The predicted octanol–water partition coefficient (Wildman–Crippen LogP) is 1.84. The van der Waals surface area contributed by atoms with Crippen molar-refractivity contribution in [2.24, 2.45) is 0 Å². The molecule has 0 heterocycles. The van der Waals surface area contributed by atoms with Crippen LogP contribution in [0.25, 0.3) is 0 Å². The van der Waals surface area contributed by atoms with Gasteiger partial charge < -0.3 is 16.2 Å². The number of nitrogen functional groups attached to an aromatic ring is 1. The number of nitrogens with two attached hydrogens (primary N) is 1. The maximum Gasteiger partial charge on any atom is 0.335 e. The fourth-order valence-electron chi connectivity index (χ4n) is 1.20. The number of halogens is 1. The quantitative estimate of drug-likeness (QED) is 0.732. The molecule has 0 atom stereocenters. The number of carboxylic acid groups (broad SMARTS) is 1. The summed E-state index contributed by atoms with van der Waals surface area (Å²) in [4.78, 5) is 10.8. The van der Waals surface area contributed by atoms with Crippen LogP contribution in [0.3, 0.4) is 0 Å². The second-order valence-corrected chi connectivity index (χ2v) is 3.97. The zero-order valence-electron chi connectivity index (χ0n) is 8.38. The molecule has 0 saturated heterocycles. The van der Waals surface area contributed by atoms with E-state index in [-0.39, 0.29) is 5.56 Å². The SMILES string of the molecule is CCNCc1cc(C(=O)O)cc(Br)c1N. The van der Waals surface area contributed by atoms with Crippen LogP contribution in [-0.2, 0) is 6.54 Å². The Labute approximate surface area is 96.6 Å². The first-order valence-electron chi connectivity index (χ1n) is 4.58. The van der Waals surface area contributed by atoms with Crippen molar-refractivity contribution in [2.75, 3.05) is 12.3 Å². The number of aromatic carboxylic acids is 1. The van der Waals surface area contributed by atoms with Crippen LogP contribution in [0.15, 0.2) is 16.6 Å². The Morgan fingerprint density at radius 1 is 1.60 bits per heavy atom. The van der Waals surface area contributed by atoms with Crippen molar-refractivity contribution in [3.63, 3.8) is 0 Å². The lowest BCUT2D eigenvalue weighted by Crippen LogP contribution is -2.14. The first kappa shape index (κ1) is 12.0. The number of rotatable bonds is 4. The van der Waals surface area contributed by atoms with Gasteiger partial charge in [0, 0.05) is 11.0 Å². The lowest BCUT2D eigenvalue weighted by molar-refractivity contribution is 0.0696. The first-order chi connectivity index (χ1) is 7.06. The molecule has 0 aliphatic heterocycles. The van der Waals surface area contributed by atoms with Gasteiger partial charge in [0.2, 0.25) is 0 Å². The van der Waals surface area contributed by atoms with Crippen molar-refractivity contribution < 1.29 is 9.90 Å². The number of anilines is 1. The summed E-state index contributed by atoms with van der Waals surface area (Å²) in [7, 11) is 0. The lowest BCUT2D eigenvalue weighted by atomic mass is 10.1. The van der Waals surface area contributed by atoms with Gasteiger partial charge in [-0.3, -0.25) is 0 Å². The minimum Gasteiger partial charge on any atom is -0.478 e. The van der Waals surface area contributed by atoms with E-state index in [2.05, 4.69) is 21.2 Å². The first-order valence-corrected chi connectivity index (χ1v) is 5.37. The van der Waals surface area contributed by atoms with Gasteiger partial charge in [-0.1, -0.05) is 6.92 Å². The average Bonchev–Trinajstić information content (AvgIpc) is 2.19. The molecule has 0 spiro atoms. The number of nitrogens with one attached hydrogen (secondary N) is 1. The third kappa shape index (κ3) is 2.94. The van der Waals surface area contributed by atoms with Crippen LogP contribution in [0, 0.1) is 0 Å². The third-order valence-corrected chi connectivity index (χ3v) is 2.68. The molecule has 4 nitrogen and oxygen atoms in total. The zero-order valence-corrected chi connectivity index (χ0v) is 9.97. The van der Waals surface area contributed by atoms with Crippen LogP contribution in [0.1, 0.15) is 22.8 Å². The monoisotopic (exact) mass is 272 g/mol. The minimum atomic E-state index is -0.951. The van der Waals surface area contributed by atoms with E-state index in [1.54, 1.807) is 6.07 Å². The summed E-state index contributed by atoms with van der Waals surface area (Å²) in [5.41, 5.74) is 7.43. The summed E-state index contributed by atoms with van der Waals surface area (Å²) in [6, 6.07) is 3.10. The lowest BCUT2D eigenvalue weighted by Gasteiger charge is -2.09. The molecular weight excluding hydrogens is 260 g/mol. The average molecular weight is 273 g/mol. The smallest absolute Gasteiger partial charge is 0.335 e. The summed E-state index contributed by atoms with van der Waals surface area (Å²) in [6.07, 6.45) is 0. The van der Waals surface area contributed by atoms with Crippen LogP contribution in [0.2, 0.25) is 0 Å². The van der Waals surface area contributed by atoms with Crippen LogP contribution in [0.4, 0.5) is 5.69 Å². The molecule has 82 valence electrons. The third-order valence-electron chi connectivity index (χ3n) is 2.03. The molecular formula is C10H13BrN2O2. The Kier molecular flexibility index (Phi) is 4.11. The largest absolute Gasteiger partial charge is 0.478 e. The Bertz CT molecular complexity index is 380. The van der Waals surface area contributed by atoms with Gasteiger partial charge in [0.25, 0.3) is 0 Å². The standard InChI is InChI=1S/C10H13BrN2O2/c1-2-13-5-7-3-6(10(14)15)4-8(11)9(7)12/h3-4,13H,2,5,12H2,1H3,(H,14,15). The highest BCUT2D eigenvalue weighted by atomic mass is 79.9. The Morgan fingerprint density at radius 3 is 2.80 bits per heavy atom. The van der Waals surface area contributed by atoms with E-state index in [0.29, 0.717) is 16.7 Å². The highest BCUT2D eigenvalue weighted by Gasteiger charge is 2.10. The number of benzene rings is 1. The highest BCUT2D eigenvalue weighted by Crippen LogP contribution is 2.25. The van der Waals surface area contributed by atoms with E-state index in [1.165, 1.54) is 6.07 Å². The molecule has 15 heavy (non-hydrogen) atoms. The second kappa shape index (κ2) is 5.14. The molecule has 0 radical (unpaired) electrons. The highest BCUT2D eigenvalue weighted by molar-refractivity contribution is 9.10. The maximum atomic E-state index is 10.8. The molecule has 1 aromatic carbocycles. The molecule has 0 aromatic heterocycles. The van der Waals surface area contributed by atoms with Crippen LogP contribution in [-0.4, -0.2) is 17.6 Å². The predicted molar refractivity (Wildman–Crippen MR) is 62.9 cm³/mol. The summed E-state index contributed by atoms with van der Waals surface area (Å²) in [5, 5.41) is 12.0. The van der Waals surface area contributed by atoms with Gasteiger partial charge in [0.05, 0.1) is 11.3 Å². The summed E-state index contributed by atoms with van der Waals surface area (Å²) >= 11 is 3.24. The molecule has 0 aliphatic carbocycles. The van der Waals surface area contributed by atoms with E-state index < -0.39 is 5.97 Å². The molecule has 5 heteroatoms.